The van der Waals surface area contributed by atoms with Gasteiger partial charge in [0.1, 0.15) is 0 Å². The third-order valence-electron chi connectivity index (χ3n) is 3.42. The van der Waals surface area contributed by atoms with Gasteiger partial charge >= 0.3 is 0 Å². The lowest BCUT2D eigenvalue weighted by atomic mass is 10.2. The molecule has 0 spiro atoms. The van der Waals surface area contributed by atoms with Crippen LogP contribution in [0.2, 0.25) is 0 Å². The lowest BCUT2D eigenvalue weighted by Crippen LogP contribution is -2.08. The molecule has 1 aliphatic carbocycles. The molecule has 0 amide bonds. The van der Waals surface area contributed by atoms with Gasteiger partial charge in [-0.2, -0.15) is 0 Å². The number of rotatable bonds is 8. The highest BCUT2D eigenvalue weighted by Crippen LogP contribution is 2.33. The maximum absolute atomic E-state index is 4.55. The predicted molar refractivity (Wildman–Crippen MR) is 72.3 cm³/mol. The Bertz CT molecular complexity index is 339. The van der Waals surface area contributed by atoms with Crippen LogP contribution in [0, 0.1) is 12.8 Å². The number of imidazole rings is 1. The maximum atomic E-state index is 4.55. The van der Waals surface area contributed by atoms with Crippen LogP contribution in [0.4, 0.5) is 5.95 Å². The molecule has 1 aromatic rings. The van der Waals surface area contributed by atoms with Crippen molar-refractivity contribution in [2.24, 2.45) is 5.92 Å². The van der Waals surface area contributed by atoms with Crippen LogP contribution in [0.3, 0.4) is 0 Å². The van der Waals surface area contributed by atoms with Crippen molar-refractivity contribution < 1.29 is 0 Å². The van der Waals surface area contributed by atoms with Crippen molar-refractivity contribution in [3.05, 3.63) is 11.9 Å². The highest BCUT2D eigenvalue weighted by molar-refractivity contribution is 5.28. The van der Waals surface area contributed by atoms with E-state index in [0.717, 1.165) is 30.6 Å². The molecule has 1 N–H and O–H groups in total. The molecule has 1 fully saturated rings. The zero-order valence-corrected chi connectivity index (χ0v) is 11.2. The molecule has 96 valence electrons. The van der Waals surface area contributed by atoms with Gasteiger partial charge in [0, 0.05) is 19.3 Å². The van der Waals surface area contributed by atoms with Crippen molar-refractivity contribution in [1.29, 1.82) is 0 Å². The summed E-state index contributed by atoms with van der Waals surface area (Å²) in [6, 6.07) is 0. The molecule has 3 heteroatoms. The highest BCUT2D eigenvalue weighted by Gasteiger charge is 2.20. The first-order chi connectivity index (χ1) is 8.29. The van der Waals surface area contributed by atoms with E-state index in [1.54, 1.807) is 0 Å². The molecule has 0 aromatic carbocycles. The van der Waals surface area contributed by atoms with Crippen molar-refractivity contribution in [1.82, 2.24) is 9.55 Å². The molecule has 0 radical (unpaired) electrons. The SMILES string of the molecule is CCCCNc1nc(C)cn1CCCC1CC1. The molecular weight excluding hydrogens is 210 g/mol. The fourth-order valence-electron chi connectivity index (χ4n) is 2.19. The Kier molecular flexibility index (Phi) is 4.46. The lowest BCUT2D eigenvalue weighted by molar-refractivity contribution is 0.579. The minimum Gasteiger partial charge on any atom is -0.356 e. The lowest BCUT2D eigenvalue weighted by Gasteiger charge is -2.09. The van der Waals surface area contributed by atoms with E-state index >= 15 is 0 Å². The fourth-order valence-corrected chi connectivity index (χ4v) is 2.19. The van der Waals surface area contributed by atoms with Gasteiger partial charge in [-0.05, 0) is 32.1 Å². The average Bonchev–Trinajstić information content (AvgIpc) is 3.05. The Morgan fingerprint density at radius 2 is 2.24 bits per heavy atom. The first-order valence-electron chi connectivity index (χ1n) is 7.07. The van der Waals surface area contributed by atoms with Crippen LogP contribution in [0.25, 0.3) is 0 Å². The van der Waals surface area contributed by atoms with Gasteiger partial charge < -0.3 is 9.88 Å². The number of aromatic nitrogens is 2. The van der Waals surface area contributed by atoms with Crippen LogP contribution in [-0.4, -0.2) is 16.1 Å². The second-order valence-electron chi connectivity index (χ2n) is 5.27. The fraction of sp³-hybridized carbons (Fsp3) is 0.786. The Labute approximate surface area is 105 Å². The highest BCUT2D eigenvalue weighted by atomic mass is 15.2. The Balaban J connectivity index is 1.80. The van der Waals surface area contributed by atoms with Crippen molar-refractivity contribution in [3.63, 3.8) is 0 Å². The number of anilines is 1. The molecule has 0 bridgehead atoms. The Morgan fingerprint density at radius 3 is 2.94 bits per heavy atom. The molecular formula is C14H25N3. The Hall–Kier alpha value is -0.990. The number of unbranched alkanes of at least 4 members (excludes halogenated alkanes) is 1. The molecule has 1 aromatic heterocycles. The van der Waals surface area contributed by atoms with Gasteiger partial charge in [0.25, 0.3) is 0 Å². The second-order valence-corrected chi connectivity index (χ2v) is 5.27. The standard InChI is InChI=1S/C14H25N3/c1-3-4-9-15-14-16-12(2)11-17(14)10-5-6-13-7-8-13/h11,13H,3-10H2,1-2H3,(H,15,16). The molecule has 17 heavy (non-hydrogen) atoms. The van der Waals surface area contributed by atoms with Gasteiger partial charge in [-0.1, -0.05) is 26.2 Å². The van der Waals surface area contributed by atoms with Gasteiger partial charge in [0.2, 0.25) is 5.95 Å². The molecule has 2 rings (SSSR count). The van der Waals surface area contributed by atoms with E-state index in [-0.39, 0.29) is 0 Å². The zero-order chi connectivity index (χ0) is 12.1. The molecule has 1 heterocycles. The summed E-state index contributed by atoms with van der Waals surface area (Å²) < 4.78 is 2.29. The number of aryl methyl sites for hydroxylation is 2. The Morgan fingerprint density at radius 1 is 1.41 bits per heavy atom. The van der Waals surface area contributed by atoms with E-state index in [1.807, 2.05) is 0 Å². The smallest absolute Gasteiger partial charge is 0.203 e. The first-order valence-corrected chi connectivity index (χ1v) is 7.07. The molecule has 0 unspecified atom stereocenters. The molecule has 0 atom stereocenters. The maximum Gasteiger partial charge on any atom is 0.203 e. The van der Waals surface area contributed by atoms with Crippen LogP contribution in [0.5, 0.6) is 0 Å². The summed E-state index contributed by atoms with van der Waals surface area (Å²) in [6.45, 7) is 6.44. The average molecular weight is 235 g/mol. The minimum absolute atomic E-state index is 1.04. The van der Waals surface area contributed by atoms with Crippen molar-refractivity contribution in [2.45, 2.75) is 58.9 Å². The van der Waals surface area contributed by atoms with Gasteiger partial charge in [-0.15, -0.1) is 0 Å². The van der Waals surface area contributed by atoms with E-state index in [9.17, 15) is 0 Å². The molecule has 1 saturated carbocycles. The normalized spacial score (nSPS) is 15.2. The number of hydrogen-bond acceptors (Lipinski definition) is 2. The predicted octanol–water partition coefficient (Wildman–Crippen LogP) is 3.59. The summed E-state index contributed by atoms with van der Waals surface area (Å²) in [5.41, 5.74) is 1.12. The van der Waals surface area contributed by atoms with Gasteiger partial charge in [-0.25, -0.2) is 4.98 Å². The van der Waals surface area contributed by atoms with E-state index in [0.29, 0.717) is 0 Å². The zero-order valence-electron chi connectivity index (χ0n) is 11.2. The summed E-state index contributed by atoms with van der Waals surface area (Å²) in [5, 5.41) is 3.44. The van der Waals surface area contributed by atoms with E-state index in [4.69, 9.17) is 0 Å². The van der Waals surface area contributed by atoms with E-state index < -0.39 is 0 Å². The molecule has 1 aliphatic rings. The second kappa shape index (κ2) is 6.08. The topological polar surface area (TPSA) is 29.9 Å². The van der Waals surface area contributed by atoms with Crippen LogP contribution in [-0.2, 0) is 6.54 Å². The summed E-state index contributed by atoms with van der Waals surface area (Å²) in [7, 11) is 0. The van der Waals surface area contributed by atoms with Gasteiger partial charge in [0.15, 0.2) is 0 Å². The van der Waals surface area contributed by atoms with E-state index in [1.165, 1.54) is 38.5 Å². The summed E-state index contributed by atoms with van der Waals surface area (Å²) in [6.07, 6.45) is 10.2. The number of nitrogens with zero attached hydrogens (tertiary/aromatic N) is 2. The van der Waals surface area contributed by atoms with Crippen LogP contribution in [0.15, 0.2) is 6.20 Å². The third-order valence-corrected chi connectivity index (χ3v) is 3.42. The van der Waals surface area contributed by atoms with Crippen LogP contribution >= 0.6 is 0 Å². The van der Waals surface area contributed by atoms with Crippen molar-refractivity contribution in [2.75, 3.05) is 11.9 Å². The van der Waals surface area contributed by atoms with E-state index in [2.05, 4.69) is 34.9 Å². The van der Waals surface area contributed by atoms with Gasteiger partial charge in [-0.3, -0.25) is 0 Å². The molecule has 3 nitrogen and oxygen atoms in total. The summed E-state index contributed by atoms with van der Waals surface area (Å²) in [5.74, 6) is 2.10. The van der Waals surface area contributed by atoms with Crippen LogP contribution in [0.1, 0.15) is 51.1 Å². The summed E-state index contributed by atoms with van der Waals surface area (Å²) >= 11 is 0. The molecule has 0 aliphatic heterocycles. The number of nitrogens with one attached hydrogen (secondary N) is 1. The first kappa shape index (κ1) is 12.5. The van der Waals surface area contributed by atoms with Crippen LogP contribution < -0.4 is 5.32 Å². The van der Waals surface area contributed by atoms with Crippen molar-refractivity contribution >= 4 is 5.95 Å². The quantitative estimate of drug-likeness (QED) is 0.698. The summed E-state index contributed by atoms with van der Waals surface area (Å²) in [4.78, 5) is 4.55. The largest absolute Gasteiger partial charge is 0.356 e. The minimum atomic E-state index is 1.04. The number of hydrogen-bond donors (Lipinski definition) is 1. The van der Waals surface area contributed by atoms with Gasteiger partial charge in [0.05, 0.1) is 5.69 Å². The third kappa shape index (κ3) is 4.06. The molecule has 0 saturated heterocycles. The van der Waals surface area contributed by atoms with Crippen molar-refractivity contribution in [3.8, 4) is 0 Å². The monoisotopic (exact) mass is 235 g/mol.